The summed E-state index contributed by atoms with van der Waals surface area (Å²) in [6.07, 6.45) is 4.14. The Morgan fingerprint density at radius 3 is 2.54 bits per heavy atom. The molecule has 6 rings (SSSR count). The van der Waals surface area contributed by atoms with E-state index in [9.17, 15) is 19.2 Å². The summed E-state index contributed by atoms with van der Waals surface area (Å²) in [4.78, 5) is 56.8. The van der Waals surface area contributed by atoms with Crippen molar-refractivity contribution < 1.29 is 19.2 Å². The van der Waals surface area contributed by atoms with Crippen molar-refractivity contribution in [2.24, 2.45) is 15.4 Å². The van der Waals surface area contributed by atoms with E-state index in [2.05, 4.69) is 20.8 Å². The Balaban J connectivity index is 1.18. The molecule has 2 aromatic rings. The van der Waals surface area contributed by atoms with Crippen molar-refractivity contribution in [1.82, 2.24) is 15.1 Å². The van der Waals surface area contributed by atoms with Crippen LogP contribution < -0.4 is 5.32 Å². The molecule has 1 aliphatic carbocycles. The Bertz CT molecular complexity index is 1500. The molecule has 11 heteroatoms. The van der Waals surface area contributed by atoms with Gasteiger partial charge in [-0.15, -0.1) is 10.2 Å². The van der Waals surface area contributed by atoms with Crippen LogP contribution in [-0.4, -0.2) is 76.0 Å². The van der Waals surface area contributed by atoms with Crippen LogP contribution in [0.1, 0.15) is 28.8 Å². The lowest BCUT2D eigenvalue weighted by molar-refractivity contribution is -0.139. The second kappa shape index (κ2) is 11.6. The molecule has 1 N–H and O–H groups in total. The van der Waals surface area contributed by atoms with E-state index in [0.29, 0.717) is 47.0 Å². The van der Waals surface area contributed by atoms with Gasteiger partial charge in [0.15, 0.2) is 5.78 Å². The monoisotopic (exact) mass is 568 g/mol. The third-order valence-corrected chi connectivity index (χ3v) is 8.80. The SMILES string of the molecule is O=C(N[C@@H](CSCc1ccccc1)C(=O)N1CC[C@@H]2[C@H]1C(=O)CN2C(=O)c1ccccc1)C1=CC=C2N=NN=C2C1. The van der Waals surface area contributed by atoms with Gasteiger partial charge in [-0.2, -0.15) is 11.8 Å². The van der Waals surface area contributed by atoms with Crippen LogP contribution in [0, 0.1) is 0 Å². The highest BCUT2D eigenvalue weighted by molar-refractivity contribution is 7.98. The normalized spacial score (nSPS) is 21.6. The molecule has 41 heavy (non-hydrogen) atoms. The first-order valence-electron chi connectivity index (χ1n) is 13.5. The first-order chi connectivity index (χ1) is 20.0. The molecule has 2 fully saturated rings. The van der Waals surface area contributed by atoms with Gasteiger partial charge in [0.05, 0.1) is 18.3 Å². The maximum absolute atomic E-state index is 14.0. The topological polar surface area (TPSA) is 124 Å². The summed E-state index contributed by atoms with van der Waals surface area (Å²) in [5.41, 5.74) is 3.32. The second-order valence-corrected chi connectivity index (χ2v) is 11.3. The first-order valence-corrected chi connectivity index (χ1v) is 14.7. The lowest BCUT2D eigenvalue weighted by Crippen LogP contribution is -2.53. The summed E-state index contributed by atoms with van der Waals surface area (Å²) >= 11 is 1.54. The molecule has 0 spiro atoms. The molecule has 2 aromatic carbocycles. The van der Waals surface area contributed by atoms with Gasteiger partial charge in [-0.05, 0) is 35.4 Å². The van der Waals surface area contributed by atoms with Gasteiger partial charge in [0.25, 0.3) is 5.91 Å². The Labute approximate surface area is 241 Å². The molecule has 3 atom stereocenters. The molecule has 0 saturated carbocycles. The number of hydrogen-bond acceptors (Lipinski definition) is 8. The number of likely N-dealkylation sites (tertiary alicyclic amines) is 2. The highest BCUT2D eigenvalue weighted by Crippen LogP contribution is 2.32. The van der Waals surface area contributed by atoms with Crippen molar-refractivity contribution in [3.63, 3.8) is 0 Å². The van der Waals surface area contributed by atoms with Crippen LogP contribution in [0.3, 0.4) is 0 Å². The van der Waals surface area contributed by atoms with Crippen molar-refractivity contribution >= 4 is 41.0 Å². The number of hydrogen-bond donors (Lipinski definition) is 1. The number of carbonyl (C=O) groups is 4. The van der Waals surface area contributed by atoms with E-state index in [1.54, 1.807) is 46.2 Å². The van der Waals surface area contributed by atoms with E-state index >= 15 is 0 Å². The van der Waals surface area contributed by atoms with E-state index in [-0.39, 0.29) is 42.5 Å². The molecular formula is C30H28N6O4S. The Morgan fingerprint density at radius 2 is 1.76 bits per heavy atom. The highest BCUT2D eigenvalue weighted by atomic mass is 32.2. The number of nitrogens with one attached hydrogen (secondary N) is 1. The fourth-order valence-corrected chi connectivity index (χ4v) is 6.65. The fraction of sp³-hybridized carbons (Fsp3) is 0.300. The first kappa shape index (κ1) is 26.8. The second-order valence-electron chi connectivity index (χ2n) is 10.3. The van der Waals surface area contributed by atoms with Crippen LogP contribution in [0.25, 0.3) is 0 Å². The fourth-order valence-electron chi connectivity index (χ4n) is 5.64. The number of allylic oxidation sites excluding steroid dienone is 3. The van der Waals surface area contributed by atoms with Crippen LogP contribution in [-0.2, 0) is 20.1 Å². The van der Waals surface area contributed by atoms with Crippen LogP contribution in [0.2, 0.25) is 0 Å². The van der Waals surface area contributed by atoms with Crippen LogP contribution in [0.5, 0.6) is 0 Å². The lowest BCUT2D eigenvalue weighted by atomic mass is 10.00. The number of Topliss-reactive ketones (excluding diaryl/α,β-unsaturated/α-hetero) is 1. The quantitative estimate of drug-likeness (QED) is 0.524. The summed E-state index contributed by atoms with van der Waals surface area (Å²) < 4.78 is 0. The van der Waals surface area contributed by atoms with E-state index < -0.39 is 12.1 Å². The van der Waals surface area contributed by atoms with E-state index in [1.807, 2.05) is 36.4 Å². The van der Waals surface area contributed by atoms with Gasteiger partial charge in [0.2, 0.25) is 11.8 Å². The van der Waals surface area contributed by atoms with Crippen LogP contribution in [0.15, 0.2) is 99.5 Å². The maximum Gasteiger partial charge on any atom is 0.254 e. The number of carbonyl (C=O) groups excluding carboxylic acids is 4. The number of nitrogens with zero attached hydrogens (tertiary/aromatic N) is 5. The number of amides is 3. The van der Waals surface area contributed by atoms with Gasteiger partial charge in [0, 0.05) is 35.6 Å². The van der Waals surface area contributed by atoms with Gasteiger partial charge >= 0.3 is 0 Å². The molecule has 0 bridgehead atoms. The highest BCUT2D eigenvalue weighted by Gasteiger charge is 2.52. The molecule has 2 saturated heterocycles. The smallest absolute Gasteiger partial charge is 0.254 e. The van der Waals surface area contributed by atoms with Crippen molar-refractivity contribution in [2.45, 2.75) is 36.7 Å². The van der Waals surface area contributed by atoms with Crippen LogP contribution >= 0.6 is 11.8 Å². The summed E-state index contributed by atoms with van der Waals surface area (Å²) in [5.74, 6) is -0.0683. The molecule has 3 aliphatic heterocycles. The molecule has 0 aromatic heterocycles. The van der Waals surface area contributed by atoms with Gasteiger partial charge in [-0.1, -0.05) is 54.6 Å². The summed E-state index contributed by atoms with van der Waals surface area (Å²) in [6, 6.07) is 16.8. The minimum atomic E-state index is -0.854. The molecule has 3 amide bonds. The zero-order chi connectivity index (χ0) is 28.3. The average Bonchev–Trinajstić information content (AvgIpc) is 3.73. The zero-order valence-corrected chi connectivity index (χ0v) is 23.0. The van der Waals surface area contributed by atoms with Crippen molar-refractivity contribution in [3.8, 4) is 0 Å². The Morgan fingerprint density at radius 1 is 1.00 bits per heavy atom. The van der Waals surface area contributed by atoms with Crippen molar-refractivity contribution in [3.05, 3.63) is 95.2 Å². The van der Waals surface area contributed by atoms with Crippen molar-refractivity contribution in [1.29, 1.82) is 0 Å². The summed E-state index contributed by atoms with van der Waals surface area (Å²) in [6.45, 7) is 0.301. The molecule has 4 aliphatic rings. The predicted molar refractivity (Wildman–Crippen MR) is 154 cm³/mol. The van der Waals surface area contributed by atoms with E-state index in [1.165, 1.54) is 11.8 Å². The van der Waals surface area contributed by atoms with E-state index in [4.69, 9.17) is 0 Å². The standard InChI is InChI=1S/C30H28N6O4S/c37-26-16-36(29(39)20-9-5-2-6-10-20)25-13-14-35(27(25)26)30(40)24(18-41-17-19-7-3-1-4-8-19)31-28(38)21-11-12-22-23(15-21)33-34-32-22/h1-12,24-25,27H,13-18H2,(H,31,38)/t24-,25+,27-/m0/s1. The predicted octanol–water partition coefficient (Wildman–Crippen LogP) is 3.14. The largest absolute Gasteiger partial charge is 0.340 e. The van der Waals surface area contributed by atoms with Crippen LogP contribution in [0.4, 0.5) is 0 Å². The maximum atomic E-state index is 14.0. The number of thioether (sulfide) groups is 1. The van der Waals surface area contributed by atoms with Gasteiger partial charge in [-0.25, -0.2) is 0 Å². The average molecular weight is 569 g/mol. The summed E-state index contributed by atoms with van der Waals surface area (Å²) in [7, 11) is 0. The Hall–Kier alpha value is -4.38. The van der Waals surface area contributed by atoms with Gasteiger partial charge in [-0.3, -0.25) is 19.2 Å². The van der Waals surface area contributed by atoms with Crippen molar-refractivity contribution in [2.75, 3.05) is 18.8 Å². The number of benzene rings is 2. The molecule has 10 nitrogen and oxygen atoms in total. The number of rotatable bonds is 8. The third-order valence-electron chi connectivity index (χ3n) is 7.69. The minimum absolute atomic E-state index is 0.0353. The number of ketones is 1. The molecule has 3 heterocycles. The van der Waals surface area contributed by atoms with Gasteiger partial charge in [0.1, 0.15) is 17.8 Å². The molecule has 0 radical (unpaired) electrons. The third kappa shape index (κ3) is 5.49. The van der Waals surface area contributed by atoms with Gasteiger partial charge < -0.3 is 15.1 Å². The number of fused-ring (bicyclic) bond motifs is 2. The Kier molecular flexibility index (Phi) is 7.60. The molecule has 208 valence electrons. The minimum Gasteiger partial charge on any atom is -0.340 e. The zero-order valence-electron chi connectivity index (χ0n) is 22.2. The summed E-state index contributed by atoms with van der Waals surface area (Å²) in [5, 5.41) is 14.5. The molecule has 0 unspecified atom stereocenters. The van der Waals surface area contributed by atoms with E-state index in [0.717, 1.165) is 5.56 Å². The molecular weight excluding hydrogens is 540 g/mol. The lowest BCUT2D eigenvalue weighted by Gasteiger charge is -2.28.